The maximum Gasteiger partial charge on any atom is 0.0908 e. The molecule has 0 saturated carbocycles. The molecule has 5 heteroatoms. The molecule has 0 unspecified atom stereocenters. The average Bonchev–Trinajstić information content (AvgIpc) is 2.63. The number of hydrogen-bond acceptors (Lipinski definition) is 4. The van der Waals surface area contributed by atoms with Crippen LogP contribution < -0.4 is 0 Å². The molecule has 0 aliphatic heterocycles. The highest BCUT2D eigenvalue weighted by molar-refractivity contribution is 7.77. The van der Waals surface area contributed by atoms with Gasteiger partial charge in [-0.1, -0.05) is 56.5 Å². The lowest BCUT2D eigenvalue weighted by Crippen LogP contribution is -2.07. The van der Waals surface area contributed by atoms with Crippen LogP contribution in [0, 0.1) is 6.92 Å². The van der Waals surface area contributed by atoms with Gasteiger partial charge in [0, 0.05) is 18.1 Å². The molecule has 138 valence electrons. The number of pyridine rings is 2. The minimum atomic E-state index is 0.706. The summed E-state index contributed by atoms with van der Waals surface area (Å²) < 4.78 is 1.89. The normalized spacial score (nSPS) is 10.7. The highest BCUT2D eigenvalue weighted by atomic mass is 35.5. The first-order chi connectivity index (χ1) is 12.5. The predicted octanol–water partition coefficient (Wildman–Crippen LogP) is 5.99. The summed E-state index contributed by atoms with van der Waals surface area (Å²) in [4.78, 5) is 9.28. The van der Waals surface area contributed by atoms with Crippen LogP contribution in [0.1, 0.15) is 31.4 Å². The van der Waals surface area contributed by atoms with Crippen molar-refractivity contribution in [2.75, 3.05) is 13.6 Å². The number of aromatic nitrogens is 2. The van der Waals surface area contributed by atoms with E-state index in [-0.39, 0.29) is 0 Å². The Hall–Kier alpha value is -1.62. The van der Waals surface area contributed by atoms with Crippen molar-refractivity contribution in [2.24, 2.45) is 0 Å². The van der Waals surface area contributed by atoms with E-state index in [9.17, 15) is 0 Å². The van der Waals surface area contributed by atoms with E-state index in [2.05, 4.69) is 30.8 Å². The minimum Gasteiger partial charge on any atom is -0.256 e. The van der Waals surface area contributed by atoms with Gasteiger partial charge in [-0.3, -0.25) is 9.29 Å². The van der Waals surface area contributed by atoms with Crippen molar-refractivity contribution in [3.05, 3.63) is 58.7 Å². The van der Waals surface area contributed by atoms with Crippen LogP contribution in [0.2, 0.25) is 5.02 Å². The second-order valence-electron chi connectivity index (χ2n) is 6.05. The molecule has 0 N–H and O–H groups in total. The summed E-state index contributed by atoms with van der Waals surface area (Å²) in [5, 5.41) is 1.68. The summed E-state index contributed by atoms with van der Waals surface area (Å²) in [5.41, 5.74) is 4.94. The van der Waals surface area contributed by atoms with Crippen molar-refractivity contribution in [1.82, 2.24) is 14.3 Å². The number of nitrogens with zero attached hydrogens (tertiary/aromatic N) is 3. The number of aryl methyl sites for hydroxylation is 2. The average molecular weight is 388 g/mol. The van der Waals surface area contributed by atoms with E-state index in [4.69, 9.17) is 16.6 Å². The van der Waals surface area contributed by atoms with E-state index in [1.807, 2.05) is 61.7 Å². The van der Waals surface area contributed by atoms with Crippen molar-refractivity contribution in [3.63, 3.8) is 0 Å². The Labute approximate surface area is 167 Å². The van der Waals surface area contributed by atoms with Crippen molar-refractivity contribution in [2.45, 2.75) is 33.6 Å². The zero-order valence-electron chi connectivity index (χ0n) is 15.8. The summed E-state index contributed by atoms with van der Waals surface area (Å²) in [7, 11) is 1.96. The number of benzene rings is 1. The molecule has 3 nitrogen and oxygen atoms in total. The predicted molar refractivity (Wildman–Crippen MR) is 116 cm³/mol. The second-order valence-corrected chi connectivity index (χ2v) is 7.14. The summed E-state index contributed by atoms with van der Waals surface area (Å²) in [5.74, 6) is 0. The third-order valence-corrected chi connectivity index (χ3v) is 4.46. The van der Waals surface area contributed by atoms with Gasteiger partial charge in [-0.2, -0.15) is 0 Å². The molecule has 1 aromatic carbocycles. The van der Waals surface area contributed by atoms with E-state index >= 15 is 0 Å². The van der Waals surface area contributed by atoms with Gasteiger partial charge >= 0.3 is 0 Å². The fraction of sp³-hybridized carbons (Fsp3) is 0.333. The number of hydrogen-bond donors (Lipinski definition) is 1. The number of thiol groups is 1. The van der Waals surface area contributed by atoms with Gasteiger partial charge in [0.2, 0.25) is 0 Å². The van der Waals surface area contributed by atoms with Gasteiger partial charge in [-0.25, -0.2) is 4.98 Å². The summed E-state index contributed by atoms with van der Waals surface area (Å²) in [6.07, 6.45) is 3.97. The van der Waals surface area contributed by atoms with Gasteiger partial charge in [-0.15, -0.1) is 0 Å². The molecule has 3 rings (SSSR count). The van der Waals surface area contributed by atoms with Crippen LogP contribution in [-0.4, -0.2) is 27.9 Å². The molecule has 0 atom stereocenters. The standard InChI is InChI=1S/C19H20ClN3S.C2H6/c1-13-5-7-15-16(20)11-19(22-18(15)10-13)17-8-6-14(12-21-17)4-3-9-23(2)24;1-2/h5-8,10-12,24H,3-4,9H2,1-2H3;1-2H3. The van der Waals surface area contributed by atoms with Crippen LogP contribution in [0.4, 0.5) is 0 Å². The van der Waals surface area contributed by atoms with Crippen molar-refractivity contribution in [1.29, 1.82) is 0 Å². The first-order valence-electron chi connectivity index (χ1n) is 8.95. The van der Waals surface area contributed by atoms with Crippen LogP contribution in [0.25, 0.3) is 22.3 Å². The molecule has 0 aliphatic rings. The molecule has 3 aromatic rings. The van der Waals surface area contributed by atoms with Gasteiger partial charge in [0.15, 0.2) is 0 Å². The third kappa shape index (κ3) is 5.44. The largest absolute Gasteiger partial charge is 0.256 e. The molecule has 26 heavy (non-hydrogen) atoms. The monoisotopic (exact) mass is 387 g/mol. The first kappa shape index (κ1) is 20.7. The van der Waals surface area contributed by atoms with E-state index in [0.29, 0.717) is 5.02 Å². The van der Waals surface area contributed by atoms with Crippen LogP contribution in [-0.2, 0) is 6.42 Å². The highest BCUT2D eigenvalue weighted by Crippen LogP contribution is 2.28. The second kappa shape index (κ2) is 9.91. The van der Waals surface area contributed by atoms with Gasteiger partial charge in [0.1, 0.15) is 0 Å². The Morgan fingerprint density at radius 3 is 2.50 bits per heavy atom. The first-order valence-corrected chi connectivity index (χ1v) is 9.73. The molecule has 0 amide bonds. The molecule has 0 spiro atoms. The Bertz CT molecular complexity index is 848. The molecule has 0 fully saturated rings. The van der Waals surface area contributed by atoms with Gasteiger partial charge < -0.3 is 0 Å². The quantitative estimate of drug-likeness (QED) is 0.545. The SMILES string of the molecule is CC.Cc1ccc2c(Cl)cc(-c3ccc(CCCN(C)S)cn3)nc2c1. The Balaban J connectivity index is 0.00000117. The van der Waals surface area contributed by atoms with Crippen LogP contribution in [0.5, 0.6) is 0 Å². The van der Waals surface area contributed by atoms with E-state index < -0.39 is 0 Å². The molecule has 0 aliphatic carbocycles. The van der Waals surface area contributed by atoms with Crippen LogP contribution in [0.15, 0.2) is 42.6 Å². The maximum atomic E-state index is 6.41. The molecule has 0 saturated heterocycles. The van der Waals surface area contributed by atoms with Crippen molar-refractivity contribution in [3.8, 4) is 11.4 Å². The van der Waals surface area contributed by atoms with Gasteiger partial charge in [0.05, 0.1) is 21.9 Å². The molecular weight excluding hydrogens is 362 g/mol. The van der Waals surface area contributed by atoms with E-state index in [1.165, 1.54) is 11.1 Å². The summed E-state index contributed by atoms with van der Waals surface area (Å²) >= 11 is 10.7. The van der Waals surface area contributed by atoms with Crippen molar-refractivity contribution < 1.29 is 0 Å². The maximum absolute atomic E-state index is 6.41. The highest BCUT2D eigenvalue weighted by Gasteiger charge is 2.08. The number of fused-ring (bicyclic) bond motifs is 1. The van der Waals surface area contributed by atoms with Crippen LogP contribution in [0.3, 0.4) is 0 Å². The zero-order valence-corrected chi connectivity index (χ0v) is 17.5. The Morgan fingerprint density at radius 1 is 1.08 bits per heavy atom. The van der Waals surface area contributed by atoms with Crippen LogP contribution >= 0.6 is 24.4 Å². The Morgan fingerprint density at radius 2 is 1.85 bits per heavy atom. The zero-order chi connectivity index (χ0) is 19.1. The van der Waals surface area contributed by atoms with Gasteiger partial charge in [0.25, 0.3) is 0 Å². The van der Waals surface area contributed by atoms with E-state index in [1.54, 1.807) is 0 Å². The van der Waals surface area contributed by atoms with E-state index in [0.717, 1.165) is 41.7 Å². The summed E-state index contributed by atoms with van der Waals surface area (Å²) in [6.45, 7) is 7.00. The minimum absolute atomic E-state index is 0.706. The molecular formula is C21H26ClN3S. The fourth-order valence-electron chi connectivity index (χ4n) is 2.66. The number of rotatable bonds is 5. The molecule has 0 bridgehead atoms. The Kier molecular flexibility index (Phi) is 7.88. The summed E-state index contributed by atoms with van der Waals surface area (Å²) in [6, 6.07) is 12.1. The molecule has 2 aromatic heterocycles. The molecule has 2 heterocycles. The topological polar surface area (TPSA) is 29.0 Å². The fourth-order valence-corrected chi connectivity index (χ4v) is 3.07. The smallest absolute Gasteiger partial charge is 0.0908 e. The lowest BCUT2D eigenvalue weighted by Gasteiger charge is -2.08. The van der Waals surface area contributed by atoms with Crippen molar-refractivity contribution >= 4 is 35.3 Å². The molecule has 0 radical (unpaired) electrons. The third-order valence-electron chi connectivity index (χ3n) is 3.95. The number of halogens is 1. The lowest BCUT2D eigenvalue weighted by atomic mass is 10.1. The van der Waals surface area contributed by atoms with Gasteiger partial charge in [-0.05, 0) is 56.1 Å². The lowest BCUT2D eigenvalue weighted by molar-refractivity contribution is 0.548.